The van der Waals surface area contributed by atoms with Crippen LogP contribution in [0.15, 0.2) is 46.2 Å². The Balaban J connectivity index is 3.17. The number of carbonyl (C=O) groups is 2. The van der Waals surface area contributed by atoms with Crippen LogP contribution in [-0.4, -0.2) is 48.1 Å². The maximum Gasteiger partial charge on any atom is 0.337 e. The number of benzene rings is 2. The van der Waals surface area contributed by atoms with E-state index in [4.69, 9.17) is 5.11 Å². The molecule has 0 atom stereocenters. The average molecular weight is 402 g/mol. The molecule has 2 rings (SSSR count). The number of aromatic carboxylic acids is 2. The van der Waals surface area contributed by atoms with Crippen molar-refractivity contribution in [3.05, 3.63) is 47.5 Å². The molecule has 0 aliphatic carbocycles. The largest absolute Gasteiger partial charge is 0.478 e. The first kappa shape index (κ1) is 19.5. The number of rotatable bonds is 5. The molecule has 0 heterocycles. The Labute approximate surface area is 146 Å². The first-order valence-electron chi connectivity index (χ1n) is 6.53. The Morgan fingerprint density at radius 2 is 1.27 bits per heavy atom. The van der Waals surface area contributed by atoms with Crippen LogP contribution in [0.4, 0.5) is 0 Å². The van der Waals surface area contributed by atoms with Crippen molar-refractivity contribution in [2.24, 2.45) is 0 Å². The highest BCUT2D eigenvalue weighted by molar-refractivity contribution is 7.86. The van der Waals surface area contributed by atoms with Crippen LogP contribution < -0.4 is 0 Å². The van der Waals surface area contributed by atoms with Crippen molar-refractivity contribution < 1.29 is 45.7 Å². The summed E-state index contributed by atoms with van der Waals surface area (Å²) in [5, 5.41) is 18.6. The molecule has 4 N–H and O–H groups in total. The highest BCUT2D eigenvalue weighted by atomic mass is 32.2. The minimum Gasteiger partial charge on any atom is -0.478 e. The summed E-state index contributed by atoms with van der Waals surface area (Å²) in [5.74, 6) is -3.61. The summed E-state index contributed by atoms with van der Waals surface area (Å²) in [4.78, 5) is 21.0. The van der Waals surface area contributed by atoms with E-state index in [0.717, 1.165) is 12.1 Å². The monoisotopic (exact) mass is 402 g/mol. The average Bonchev–Trinajstić information content (AvgIpc) is 2.51. The van der Waals surface area contributed by atoms with Crippen molar-refractivity contribution in [2.45, 2.75) is 9.79 Å². The summed E-state index contributed by atoms with van der Waals surface area (Å²) in [7, 11) is -10.0. The van der Waals surface area contributed by atoms with Crippen LogP contribution in [0.2, 0.25) is 0 Å². The fourth-order valence-corrected chi connectivity index (χ4v) is 3.77. The van der Waals surface area contributed by atoms with Crippen LogP contribution in [0.5, 0.6) is 0 Å². The highest BCUT2D eigenvalue weighted by Gasteiger charge is 2.31. The molecule has 138 valence electrons. The summed E-state index contributed by atoms with van der Waals surface area (Å²) in [6, 6.07) is 5.47. The smallest absolute Gasteiger partial charge is 0.337 e. The molecular formula is C14H10O10S2. The molecular weight excluding hydrogens is 392 g/mol. The third-order valence-electron chi connectivity index (χ3n) is 3.32. The van der Waals surface area contributed by atoms with E-state index in [0.29, 0.717) is 12.1 Å². The minimum absolute atomic E-state index is 0.608. The lowest BCUT2D eigenvalue weighted by molar-refractivity contribution is 0.0652. The Hall–Kier alpha value is -2.80. The molecule has 12 heteroatoms. The van der Waals surface area contributed by atoms with E-state index in [9.17, 15) is 40.6 Å². The standard InChI is InChI=1S/C14H10O10S2/c15-13(16)8-5-6-10(26(22,23)24)11(12(8)14(17)18)7-3-1-2-4-9(7)25(19,20)21/h1-6H,(H,15,16)(H,17,18)(H,19,20,21)(H,22,23,24). The zero-order valence-electron chi connectivity index (χ0n) is 12.5. The Kier molecular flexibility index (Phi) is 4.88. The van der Waals surface area contributed by atoms with Gasteiger partial charge in [0.2, 0.25) is 0 Å². The van der Waals surface area contributed by atoms with Crippen LogP contribution in [0.1, 0.15) is 20.7 Å². The molecule has 0 fully saturated rings. The third kappa shape index (κ3) is 3.57. The van der Waals surface area contributed by atoms with Crippen molar-refractivity contribution in [2.75, 3.05) is 0 Å². The van der Waals surface area contributed by atoms with Gasteiger partial charge in [0.15, 0.2) is 0 Å². The van der Waals surface area contributed by atoms with E-state index < -0.39 is 64.2 Å². The molecule has 2 aromatic rings. The van der Waals surface area contributed by atoms with E-state index >= 15 is 0 Å². The van der Waals surface area contributed by atoms with E-state index in [1.54, 1.807) is 0 Å². The number of carboxylic acid groups (broad SMARTS) is 2. The van der Waals surface area contributed by atoms with Gasteiger partial charge in [-0.25, -0.2) is 9.59 Å². The maximum absolute atomic E-state index is 11.6. The molecule has 0 unspecified atom stereocenters. The van der Waals surface area contributed by atoms with E-state index in [-0.39, 0.29) is 0 Å². The number of carboxylic acids is 2. The van der Waals surface area contributed by atoms with Gasteiger partial charge in [-0.05, 0) is 18.2 Å². The summed E-state index contributed by atoms with van der Waals surface area (Å²) >= 11 is 0. The van der Waals surface area contributed by atoms with Gasteiger partial charge in [-0.15, -0.1) is 0 Å². The van der Waals surface area contributed by atoms with Crippen molar-refractivity contribution in [3.8, 4) is 11.1 Å². The molecule has 0 amide bonds. The van der Waals surface area contributed by atoms with Crippen LogP contribution in [-0.2, 0) is 20.2 Å². The predicted molar refractivity (Wildman–Crippen MR) is 85.4 cm³/mol. The van der Waals surface area contributed by atoms with Gasteiger partial charge in [0, 0.05) is 11.1 Å². The van der Waals surface area contributed by atoms with Gasteiger partial charge >= 0.3 is 11.9 Å². The Morgan fingerprint density at radius 1 is 0.731 bits per heavy atom. The molecule has 0 bridgehead atoms. The highest BCUT2D eigenvalue weighted by Crippen LogP contribution is 2.37. The Morgan fingerprint density at radius 3 is 1.73 bits per heavy atom. The van der Waals surface area contributed by atoms with Gasteiger partial charge in [0.25, 0.3) is 20.2 Å². The van der Waals surface area contributed by atoms with Crippen LogP contribution in [0, 0.1) is 0 Å². The van der Waals surface area contributed by atoms with Gasteiger partial charge in [-0.1, -0.05) is 18.2 Å². The van der Waals surface area contributed by atoms with Gasteiger partial charge in [0.1, 0.15) is 9.79 Å². The third-order valence-corrected chi connectivity index (χ3v) is 5.13. The lowest BCUT2D eigenvalue weighted by Crippen LogP contribution is -2.14. The molecule has 0 aliphatic heterocycles. The summed E-state index contributed by atoms with van der Waals surface area (Å²) < 4.78 is 65.1. The fourth-order valence-electron chi connectivity index (χ4n) is 2.36. The molecule has 26 heavy (non-hydrogen) atoms. The minimum atomic E-state index is -5.08. The predicted octanol–water partition coefficient (Wildman–Crippen LogP) is 1.24. The van der Waals surface area contributed by atoms with E-state index in [1.165, 1.54) is 12.1 Å². The lowest BCUT2D eigenvalue weighted by atomic mass is 9.95. The zero-order chi connectivity index (χ0) is 19.9. The number of hydrogen-bond donors (Lipinski definition) is 4. The second-order valence-corrected chi connectivity index (χ2v) is 7.70. The van der Waals surface area contributed by atoms with Gasteiger partial charge in [-0.3, -0.25) is 9.11 Å². The zero-order valence-corrected chi connectivity index (χ0v) is 14.2. The maximum atomic E-state index is 11.6. The second-order valence-electron chi connectivity index (χ2n) is 4.92. The molecule has 0 saturated heterocycles. The second kappa shape index (κ2) is 6.49. The van der Waals surface area contributed by atoms with Crippen molar-refractivity contribution in [3.63, 3.8) is 0 Å². The molecule has 0 spiro atoms. The molecule has 2 aromatic carbocycles. The van der Waals surface area contributed by atoms with Crippen molar-refractivity contribution >= 4 is 32.2 Å². The molecule has 10 nitrogen and oxygen atoms in total. The van der Waals surface area contributed by atoms with Gasteiger partial charge in [-0.2, -0.15) is 16.8 Å². The normalized spacial score (nSPS) is 11.9. The number of hydrogen-bond acceptors (Lipinski definition) is 6. The Bertz CT molecular complexity index is 1130. The first-order valence-corrected chi connectivity index (χ1v) is 9.41. The fraction of sp³-hybridized carbons (Fsp3) is 0. The van der Waals surface area contributed by atoms with Crippen molar-refractivity contribution in [1.82, 2.24) is 0 Å². The van der Waals surface area contributed by atoms with E-state index in [2.05, 4.69) is 0 Å². The van der Waals surface area contributed by atoms with Crippen LogP contribution >= 0.6 is 0 Å². The molecule has 0 radical (unpaired) electrons. The van der Waals surface area contributed by atoms with E-state index in [1.807, 2.05) is 0 Å². The summed E-state index contributed by atoms with van der Waals surface area (Å²) in [6.07, 6.45) is 0. The lowest BCUT2D eigenvalue weighted by Gasteiger charge is -2.15. The topological polar surface area (TPSA) is 183 Å². The summed E-state index contributed by atoms with van der Waals surface area (Å²) in [5.41, 5.74) is -3.40. The van der Waals surface area contributed by atoms with Crippen molar-refractivity contribution in [1.29, 1.82) is 0 Å². The van der Waals surface area contributed by atoms with Crippen LogP contribution in [0.25, 0.3) is 11.1 Å². The molecule has 0 aromatic heterocycles. The quantitative estimate of drug-likeness (QED) is 0.531. The summed E-state index contributed by atoms with van der Waals surface area (Å²) in [6.45, 7) is 0. The molecule has 0 saturated carbocycles. The first-order chi connectivity index (χ1) is 11.9. The molecule has 0 aliphatic rings. The SMILES string of the molecule is O=C(O)c1ccc(S(=O)(=O)O)c(-c2ccccc2S(=O)(=O)O)c1C(=O)O. The van der Waals surface area contributed by atoms with Gasteiger partial charge < -0.3 is 10.2 Å². The van der Waals surface area contributed by atoms with Crippen LogP contribution in [0.3, 0.4) is 0 Å². The van der Waals surface area contributed by atoms with Gasteiger partial charge in [0.05, 0.1) is 11.1 Å².